The van der Waals surface area contributed by atoms with Gasteiger partial charge >= 0.3 is 5.97 Å². The Morgan fingerprint density at radius 2 is 1.72 bits per heavy atom. The van der Waals surface area contributed by atoms with Crippen LogP contribution in [-0.2, 0) is 9.53 Å². The van der Waals surface area contributed by atoms with E-state index in [4.69, 9.17) is 4.74 Å². The fourth-order valence-corrected chi connectivity index (χ4v) is 3.14. The van der Waals surface area contributed by atoms with Gasteiger partial charge in [-0.25, -0.2) is 0 Å². The molecule has 1 fully saturated rings. The molecule has 1 N–H and O–H groups in total. The van der Waals surface area contributed by atoms with Crippen LogP contribution in [0, 0.1) is 17.3 Å². The summed E-state index contributed by atoms with van der Waals surface area (Å²) in [6.45, 7) is 9.46. The van der Waals surface area contributed by atoms with Gasteiger partial charge in [-0.3, -0.25) is 4.79 Å². The first-order valence-corrected chi connectivity index (χ1v) is 8.14. The zero-order valence-corrected chi connectivity index (χ0v) is 15.9. The summed E-state index contributed by atoms with van der Waals surface area (Å²) < 4.78 is 4.62. The highest BCUT2D eigenvalue weighted by Crippen LogP contribution is 2.64. The predicted molar refractivity (Wildman–Crippen MR) is 82.1 cm³/mol. The first-order chi connectivity index (χ1) is 7.78. The highest BCUT2D eigenvalue weighted by atomic mass is 80.0. The van der Waals surface area contributed by atoms with Gasteiger partial charge in [-0.15, -0.1) is 0 Å². The third kappa shape index (κ3) is 3.70. The van der Waals surface area contributed by atoms with E-state index in [2.05, 4.69) is 47.8 Å². The maximum absolute atomic E-state index is 12.1. The van der Waals surface area contributed by atoms with Crippen LogP contribution in [0.4, 0.5) is 0 Å². The lowest BCUT2D eigenvalue weighted by atomic mass is 10.1. The number of hydrogen-bond acceptors (Lipinski definition) is 3. The maximum atomic E-state index is 12.1. The van der Waals surface area contributed by atoms with Crippen LogP contribution in [0.15, 0.2) is 0 Å². The Labute approximate surface area is 133 Å². The van der Waals surface area contributed by atoms with Crippen molar-refractivity contribution in [3.63, 3.8) is 0 Å². The highest BCUT2D eigenvalue weighted by Gasteiger charge is 2.68. The summed E-state index contributed by atoms with van der Waals surface area (Å²) in [6.07, 6.45) is -0.731. The van der Waals surface area contributed by atoms with E-state index in [-0.39, 0.29) is 23.2 Å². The van der Waals surface area contributed by atoms with Gasteiger partial charge in [0.1, 0.15) is 5.60 Å². The minimum atomic E-state index is -0.772. The molecule has 18 heavy (non-hydrogen) atoms. The molecule has 1 aliphatic rings. The normalized spacial score (nSPS) is 28.7. The van der Waals surface area contributed by atoms with Gasteiger partial charge in [0.05, 0.1) is 12.0 Å². The Hall–Kier alpha value is 0.870. The van der Waals surface area contributed by atoms with E-state index < -0.39 is 13.8 Å². The number of carbonyl (C=O) groups excluding carboxylic acids is 1. The zero-order chi connectivity index (χ0) is 14.5. The Morgan fingerprint density at radius 3 is 2.06 bits per heavy atom. The molecular formula is C12H19Br3O3. The van der Waals surface area contributed by atoms with E-state index in [1.807, 2.05) is 34.6 Å². The predicted octanol–water partition coefficient (Wildman–Crippen LogP) is 3.80. The molecular weight excluding hydrogens is 432 g/mol. The molecule has 0 aromatic rings. The molecule has 0 bridgehead atoms. The number of alkyl halides is 3. The molecule has 0 aromatic carbocycles. The van der Waals surface area contributed by atoms with Crippen molar-refractivity contribution in [3.8, 4) is 0 Å². The van der Waals surface area contributed by atoms with E-state index >= 15 is 0 Å². The van der Waals surface area contributed by atoms with Crippen LogP contribution in [0.1, 0.15) is 34.6 Å². The van der Waals surface area contributed by atoms with Crippen LogP contribution in [-0.4, -0.2) is 24.9 Å². The third-order valence-corrected chi connectivity index (χ3v) is 4.65. The van der Waals surface area contributed by atoms with Crippen LogP contribution in [0.3, 0.4) is 0 Å². The summed E-state index contributed by atoms with van der Waals surface area (Å²) in [5.74, 6) is -0.669. The molecule has 0 aliphatic heterocycles. The van der Waals surface area contributed by atoms with E-state index in [1.54, 1.807) is 0 Å². The molecule has 3 atom stereocenters. The van der Waals surface area contributed by atoms with Crippen LogP contribution in [0.2, 0.25) is 0 Å². The van der Waals surface area contributed by atoms with Crippen LogP contribution in [0.25, 0.3) is 0 Å². The number of carbonyl (C=O) groups is 1. The second kappa shape index (κ2) is 5.01. The van der Waals surface area contributed by atoms with Gasteiger partial charge in [-0.2, -0.15) is 0 Å². The van der Waals surface area contributed by atoms with Gasteiger partial charge in [-0.05, 0) is 26.2 Å². The molecule has 0 aromatic heterocycles. The van der Waals surface area contributed by atoms with Crippen LogP contribution >= 0.6 is 47.8 Å². The fraction of sp³-hybridized carbons (Fsp3) is 0.917. The molecule has 0 heterocycles. The van der Waals surface area contributed by atoms with Gasteiger partial charge in [-0.1, -0.05) is 61.6 Å². The second-order valence-electron chi connectivity index (χ2n) is 6.34. The lowest BCUT2D eigenvalue weighted by Gasteiger charge is -2.22. The number of rotatable bonds is 2. The van der Waals surface area contributed by atoms with Crippen LogP contribution in [0.5, 0.6) is 0 Å². The van der Waals surface area contributed by atoms with Crippen molar-refractivity contribution in [2.24, 2.45) is 17.3 Å². The number of hydrogen-bond donors (Lipinski definition) is 1. The number of halogens is 3. The van der Waals surface area contributed by atoms with Crippen molar-refractivity contribution in [1.29, 1.82) is 0 Å². The minimum absolute atomic E-state index is 0.148. The van der Waals surface area contributed by atoms with Gasteiger partial charge in [0.15, 0.2) is 2.14 Å². The molecule has 106 valence electrons. The summed E-state index contributed by atoms with van der Waals surface area (Å²) in [6, 6.07) is 0. The van der Waals surface area contributed by atoms with E-state index in [9.17, 15) is 9.90 Å². The Morgan fingerprint density at radius 1 is 1.28 bits per heavy atom. The van der Waals surface area contributed by atoms with Crippen LogP contribution < -0.4 is 0 Å². The summed E-state index contributed by atoms with van der Waals surface area (Å²) in [5, 5.41) is 10.2. The molecule has 3 nitrogen and oxygen atoms in total. The first-order valence-electron chi connectivity index (χ1n) is 5.76. The number of esters is 1. The van der Waals surface area contributed by atoms with Crippen molar-refractivity contribution in [2.45, 2.75) is 48.5 Å². The van der Waals surface area contributed by atoms with E-state index in [1.165, 1.54) is 0 Å². The zero-order valence-electron chi connectivity index (χ0n) is 11.1. The second-order valence-corrected chi connectivity index (χ2v) is 13.3. The molecule has 1 rings (SSSR count). The van der Waals surface area contributed by atoms with E-state index in [0.717, 1.165) is 0 Å². The van der Waals surface area contributed by atoms with Crippen molar-refractivity contribution in [3.05, 3.63) is 0 Å². The molecule has 0 amide bonds. The minimum Gasteiger partial charge on any atom is -0.460 e. The number of ether oxygens (including phenoxy) is 1. The van der Waals surface area contributed by atoms with Gasteiger partial charge in [0.25, 0.3) is 0 Å². The van der Waals surface area contributed by atoms with E-state index in [0.29, 0.717) is 0 Å². The number of aliphatic hydroxyl groups excluding tert-OH is 1. The topological polar surface area (TPSA) is 46.5 Å². The SMILES string of the molecule is CC(C)(C)OC(=O)C1C(C(O)C(Br)(Br)Br)C1(C)C. The van der Waals surface area contributed by atoms with Crippen molar-refractivity contribution >= 4 is 53.8 Å². The Bertz CT molecular complexity index is 341. The average molecular weight is 451 g/mol. The largest absolute Gasteiger partial charge is 0.460 e. The maximum Gasteiger partial charge on any atom is 0.310 e. The lowest BCUT2D eigenvalue weighted by Crippen LogP contribution is -2.30. The number of aliphatic hydroxyl groups is 1. The standard InChI is InChI=1S/C12H19Br3O3/c1-10(2,3)18-9(17)7-6(11(7,4)5)8(16)12(13,14)15/h6-8,16H,1-5H3. The molecule has 3 unspecified atom stereocenters. The Balaban J connectivity index is 2.79. The first kappa shape index (κ1) is 16.9. The molecule has 6 heteroatoms. The average Bonchev–Trinajstić information content (AvgIpc) is 2.62. The quantitative estimate of drug-likeness (QED) is 0.514. The lowest BCUT2D eigenvalue weighted by molar-refractivity contribution is -0.157. The monoisotopic (exact) mass is 448 g/mol. The summed E-state index contributed by atoms with van der Waals surface area (Å²) >= 11 is 9.92. The summed E-state index contributed by atoms with van der Waals surface area (Å²) in [4.78, 5) is 12.1. The molecule has 0 saturated heterocycles. The third-order valence-electron chi connectivity index (χ3n) is 3.25. The van der Waals surface area contributed by atoms with Crippen molar-refractivity contribution < 1.29 is 14.6 Å². The molecule has 1 saturated carbocycles. The van der Waals surface area contributed by atoms with Crippen molar-refractivity contribution in [2.75, 3.05) is 0 Å². The fourth-order valence-electron chi connectivity index (χ4n) is 2.29. The van der Waals surface area contributed by atoms with Gasteiger partial charge in [0, 0.05) is 5.92 Å². The van der Waals surface area contributed by atoms with Crippen molar-refractivity contribution in [1.82, 2.24) is 0 Å². The highest BCUT2D eigenvalue weighted by molar-refractivity contribution is 9.39. The van der Waals surface area contributed by atoms with Gasteiger partial charge in [0.2, 0.25) is 0 Å². The summed E-state index contributed by atoms with van der Waals surface area (Å²) in [7, 11) is 0. The molecule has 0 spiro atoms. The summed E-state index contributed by atoms with van der Waals surface area (Å²) in [5.41, 5.74) is -0.762. The Kier molecular flexibility index (Phi) is 4.71. The smallest absolute Gasteiger partial charge is 0.310 e. The molecule has 1 aliphatic carbocycles. The molecule has 0 radical (unpaired) electrons. The van der Waals surface area contributed by atoms with Gasteiger partial charge < -0.3 is 9.84 Å².